The van der Waals surface area contributed by atoms with Crippen molar-refractivity contribution >= 4 is 23.0 Å². The predicted molar refractivity (Wildman–Crippen MR) is 84.4 cm³/mol. The standard InChI is InChI=1S/C15H23N3S/c1-11-4-6-12(7-5-11)8-10-18-15-13(14(16)19)3-2-9-17-15/h2-3,9,11-12H,4-8,10H2,1H3,(H2,16,19)(H,17,18). The third-order valence-electron chi connectivity index (χ3n) is 4.05. The van der Waals surface area contributed by atoms with Gasteiger partial charge in [0.15, 0.2) is 0 Å². The second kappa shape index (κ2) is 6.85. The van der Waals surface area contributed by atoms with E-state index >= 15 is 0 Å². The molecule has 0 amide bonds. The molecule has 1 aliphatic carbocycles. The largest absolute Gasteiger partial charge is 0.389 e. The number of pyridine rings is 1. The molecule has 1 heterocycles. The first-order valence-electron chi connectivity index (χ1n) is 7.15. The first-order valence-corrected chi connectivity index (χ1v) is 7.56. The van der Waals surface area contributed by atoms with E-state index in [9.17, 15) is 0 Å². The average Bonchev–Trinajstić information content (AvgIpc) is 2.41. The van der Waals surface area contributed by atoms with E-state index in [4.69, 9.17) is 18.0 Å². The Balaban J connectivity index is 1.81. The molecule has 0 spiro atoms. The highest BCUT2D eigenvalue weighted by molar-refractivity contribution is 7.80. The van der Waals surface area contributed by atoms with Crippen molar-refractivity contribution in [3.63, 3.8) is 0 Å². The summed E-state index contributed by atoms with van der Waals surface area (Å²) in [6.07, 6.45) is 8.48. The van der Waals surface area contributed by atoms with Crippen LogP contribution in [0.5, 0.6) is 0 Å². The van der Waals surface area contributed by atoms with E-state index in [2.05, 4.69) is 17.2 Å². The molecule has 3 N–H and O–H groups in total. The van der Waals surface area contributed by atoms with Gasteiger partial charge < -0.3 is 11.1 Å². The van der Waals surface area contributed by atoms with Gasteiger partial charge in [0.25, 0.3) is 0 Å². The van der Waals surface area contributed by atoms with E-state index in [1.807, 2.05) is 12.1 Å². The van der Waals surface area contributed by atoms with Gasteiger partial charge in [-0.2, -0.15) is 0 Å². The van der Waals surface area contributed by atoms with Gasteiger partial charge >= 0.3 is 0 Å². The number of rotatable bonds is 5. The molecule has 1 saturated carbocycles. The molecule has 19 heavy (non-hydrogen) atoms. The molecule has 4 heteroatoms. The Morgan fingerprint density at radius 3 is 2.84 bits per heavy atom. The SMILES string of the molecule is CC1CCC(CCNc2ncccc2C(N)=S)CC1. The molecule has 0 radical (unpaired) electrons. The van der Waals surface area contributed by atoms with Gasteiger partial charge in [-0.25, -0.2) is 4.98 Å². The molecule has 1 aromatic rings. The van der Waals surface area contributed by atoms with Crippen LogP contribution in [0.25, 0.3) is 0 Å². The molecule has 2 rings (SSSR count). The predicted octanol–water partition coefficient (Wildman–Crippen LogP) is 3.34. The summed E-state index contributed by atoms with van der Waals surface area (Å²) in [6.45, 7) is 3.31. The monoisotopic (exact) mass is 277 g/mol. The van der Waals surface area contributed by atoms with Crippen LogP contribution < -0.4 is 11.1 Å². The summed E-state index contributed by atoms with van der Waals surface area (Å²) in [6, 6.07) is 3.78. The van der Waals surface area contributed by atoms with Crippen molar-refractivity contribution in [3.05, 3.63) is 23.9 Å². The minimum atomic E-state index is 0.405. The van der Waals surface area contributed by atoms with Crippen molar-refractivity contribution < 1.29 is 0 Å². The van der Waals surface area contributed by atoms with E-state index in [1.54, 1.807) is 6.20 Å². The van der Waals surface area contributed by atoms with E-state index in [1.165, 1.54) is 32.1 Å². The summed E-state index contributed by atoms with van der Waals surface area (Å²) in [7, 11) is 0. The number of hydrogen-bond donors (Lipinski definition) is 2. The molecule has 0 unspecified atom stereocenters. The normalized spacial score (nSPS) is 23.0. The lowest BCUT2D eigenvalue weighted by Gasteiger charge is -2.26. The fourth-order valence-corrected chi connectivity index (χ4v) is 2.92. The van der Waals surface area contributed by atoms with Crippen molar-refractivity contribution in [2.24, 2.45) is 17.6 Å². The third kappa shape index (κ3) is 4.16. The Labute approximate surface area is 121 Å². The maximum atomic E-state index is 5.70. The summed E-state index contributed by atoms with van der Waals surface area (Å²) in [5.74, 6) is 2.60. The number of thiocarbonyl (C=S) groups is 1. The molecule has 1 fully saturated rings. The summed E-state index contributed by atoms with van der Waals surface area (Å²) >= 11 is 5.04. The van der Waals surface area contributed by atoms with Crippen LogP contribution in [-0.2, 0) is 0 Å². The first-order chi connectivity index (χ1) is 9.16. The Morgan fingerprint density at radius 2 is 2.16 bits per heavy atom. The molecule has 1 aromatic heterocycles. The lowest BCUT2D eigenvalue weighted by molar-refractivity contribution is 0.282. The lowest BCUT2D eigenvalue weighted by Crippen LogP contribution is -2.18. The molecule has 0 aromatic carbocycles. The molecule has 0 saturated heterocycles. The van der Waals surface area contributed by atoms with Gasteiger partial charge in [0, 0.05) is 12.7 Å². The summed E-state index contributed by atoms with van der Waals surface area (Å²) in [4.78, 5) is 4.72. The number of nitrogens with two attached hydrogens (primary N) is 1. The van der Waals surface area contributed by atoms with Crippen molar-refractivity contribution in [2.75, 3.05) is 11.9 Å². The number of anilines is 1. The van der Waals surface area contributed by atoms with Gasteiger partial charge in [-0.1, -0.05) is 44.8 Å². The Bertz CT molecular complexity index is 425. The van der Waals surface area contributed by atoms with Crippen LogP contribution in [0, 0.1) is 11.8 Å². The van der Waals surface area contributed by atoms with E-state index in [-0.39, 0.29) is 0 Å². The quantitative estimate of drug-likeness (QED) is 0.810. The van der Waals surface area contributed by atoms with Crippen LogP contribution in [0.3, 0.4) is 0 Å². The third-order valence-corrected chi connectivity index (χ3v) is 4.27. The minimum Gasteiger partial charge on any atom is -0.389 e. The molecule has 1 aliphatic rings. The van der Waals surface area contributed by atoms with Crippen molar-refractivity contribution in [2.45, 2.75) is 39.0 Å². The van der Waals surface area contributed by atoms with Gasteiger partial charge in [0.2, 0.25) is 0 Å². The average molecular weight is 277 g/mol. The van der Waals surface area contributed by atoms with Crippen molar-refractivity contribution in [1.82, 2.24) is 4.98 Å². The van der Waals surface area contributed by atoms with E-state index in [0.717, 1.165) is 29.8 Å². The highest BCUT2D eigenvalue weighted by atomic mass is 32.1. The summed E-state index contributed by atoms with van der Waals surface area (Å²) < 4.78 is 0. The van der Waals surface area contributed by atoms with Crippen LogP contribution in [-0.4, -0.2) is 16.5 Å². The van der Waals surface area contributed by atoms with Crippen LogP contribution in [0.2, 0.25) is 0 Å². The molecular formula is C15H23N3S. The van der Waals surface area contributed by atoms with Gasteiger partial charge in [-0.15, -0.1) is 0 Å². The Hall–Kier alpha value is -1.16. The highest BCUT2D eigenvalue weighted by Gasteiger charge is 2.17. The second-order valence-electron chi connectivity index (χ2n) is 5.61. The maximum absolute atomic E-state index is 5.70. The van der Waals surface area contributed by atoms with Gasteiger partial charge in [-0.3, -0.25) is 0 Å². The van der Waals surface area contributed by atoms with E-state index < -0.39 is 0 Å². The zero-order valence-corrected chi connectivity index (χ0v) is 12.4. The highest BCUT2D eigenvalue weighted by Crippen LogP contribution is 2.30. The number of aromatic nitrogens is 1. The van der Waals surface area contributed by atoms with Crippen LogP contribution in [0.1, 0.15) is 44.6 Å². The smallest absolute Gasteiger partial charge is 0.136 e. The fraction of sp³-hybridized carbons (Fsp3) is 0.600. The molecule has 3 nitrogen and oxygen atoms in total. The first kappa shape index (κ1) is 14.3. The zero-order valence-electron chi connectivity index (χ0n) is 11.6. The summed E-state index contributed by atoms with van der Waals surface area (Å²) in [5, 5.41) is 3.37. The Kier molecular flexibility index (Phi) is 5.14. The van der Waals surface area contributed by atoms with Crippen LogP contribution >= 0.6 is 12.2 Å². The van der Waals surface area contributed by atoms with Crippen LogP contribution in [0.4, 0.5) is 5.82 Å². The van der Waals surface area contributed by atoms with Crippen molar-refractivity contribution in [1.29, 1.82) is 0 Å². The number of nitrogens with zero attached hydrogens (tertiary/aromatic N) is 1. The number of hydrogen-bond acceptors (Lipinski definition) is 3. The van der Waals surface area contributed by atoms with E-state index in [0.29, 0.717) is 4.99 Å². The zero-order chi connectivity index (χ0) is 13.7. The topological polar surface area (TPSA) is 50.9 Å². The van der Waals surface area contributed by atoms with Crippen LogP contribution in [0.15, 0.2) is 18.3 Å². The Morgan fingerprint density at radius 1 is 1.42 bits per heavy atom. The lowest BCUT2D eigenvalue weighted by atomic mass is 9.81. The van der Waals surface area contributed by atoms with Gasteiger partial charge in [-0.05, 0) is 30.4 Å². The second-order valence-corrected chi connectivity index (χ2v) is 6.04. The molecule has 104 valence electrons. The maximum Gasteiger partial charge on any atom is 0.136 e. The summed E-state index contributed by atoms with van der Waals surface area (Å²) in [5.41, 5.74) is 6.54. The molecular weight excluding hydrogens is 254 g/mol. The fourth-order valence-electron chi connectivity index (χ4n) is 2.76. The van der Waals surface area contributed by atoms with Gasteiger partial charge in [0.05, 0.1) is 5.56 Å². The molecule has 0 bridgehead atoms. The number of nitrogens with one attached hydrogen (secondary N) is 1. The minimum absolute atomic E-state index is 0.405. The molecule has 0 atom stereocenters. The molecule has 0 aliphatic heterocycles. The van der Waals surface area contributed by atoms with Crippen molar-refractivity contribution in [3.8, 4) is 0 Å². The van der Waals surface area contributed by atoms with Gasteiger partial charge in [0.1, 0.15) is 10.8 Å².